The van der Waals surface area contributed by atoms with Gasteiger partial charge in [-0.05, 0) is 18.9 Å². The molecule has 0 aliphatic rings. The smallest absolute Gasteiger partial charge is 0.345 e. The van der Waals surface area contributed by atoms with Gasteiger partial charge in [0, 0.05) is 4.88 Å². The predicted octanol–water partition coefficient (Wildman–Crippen LogP) is 2.28. The average Bonchev–Trinajstić information content (AvgIpc) is 2.56. The number of rotatable bonds is 2. The molecule has 17 heavy (non-hydrogen) atoms. The van der Waals surface area contributed by atoms with E-state index in [1.807, 2.05) is 13.8 Å². The third kappa shape index (κ3) is 1.61. The van der Waals surface area contributed by atoms with Crippen molar-refractivity contribution in [2.24, 2.45) is 0 Å². The third-order valence-electron chi connectivity index (χ3n) is 2.64. The Kier molecular flexibility index (Phi) is 2.66. The van der Waals surface area contributed by atoms with E-state index in [9.17, 15) is 15.0 Å². The zero-order chi connectivity index (χ0) is 12.7. The van der Waals surface area contributed by atoms with Crippen molar-refractivity contribution in [3.8, 4) is 11.6 Å². The molecule has 0 radical (unpaired) electrons. The second kappa shape index (κ2) is 3.89. The highest BCUT2D eigenvalue weighted by Gasteiger charge is 2.23. The molecule has 3 N–H and O–H groups in total. The summed E-state index contributed by atoms with van der Waals surface area (Å²) in [6.45, 7) is 3.80. The highest BCUT2D eigenvalue weighted by atomic mass is 32.1. The minimum atomic E-state index is -1.39. The van der Waals surface area contributed by atoms with Crippen LogP contribution < -0.4 is 0 Å². The van der Waals surface area contributed by atoms with Crippen LogP contribution in [0.25, 0.3) is 10.2 Å². The Morgan fingerprint density at radius 3 is 2.59 bits per heavy atom. The van der Waals surface area contributed by atoms with Gasteiger partial charge in [0.05, 0.1) is 10.2 Å². The van der Waals surface area contributed by atoms with Gasteiger partial charge < -0.3 is 15.3 Å². The van der Waals surface area contributed by atoms with Crippen LogP contribution in [-0.2, 0) is 6.42 Å². The zero-order valence-corrected chi connectivity index (χ0v) is 10.1. The summed E-state index contributed by atoms with van der Waals surface area (Å²) in [7, 11) is 0. The second-order valence-electron chi connectivity index (χ2n) is 3.65. The van der Waals surface area contributed by atoms with Gasteiger partial charge in [0.25, 0.3) is 0 Å². The molecule has 2 rings (SSSR count). The largest absolute Gasteiger partial charge is 0.505 e. The zero-order valence-electron chi connectivity index (χ0n) is 9.31. The monoisotopic (exact) mass is 253 g/mol. The molecule has 2 aromatic heterocycles. The first-order chi connectivity index (χ1) is 7.97. The van der Waals surface area contributed by atoms with E-state index in [-0.39, 0.29) is 0 Å². The molecule has 0 aliphatic heterocycles. The molecule has 0 atom stereocenters. The molecule has 0 saturated carbocycles. The molecular formula is C11H11NO4S. The normalized spacial score (nSPS) is 10.9. The van der Waals surface area contributed by atoms with E-state index >= 15 is 0 Å². The summed E-state index contributed by atoms with van der Waals surface area (Å²) < 4.78 is 0.412. The lowest BCUT2D eigenvalue weighted by Crippen LogP contribution is -1.99. The number of hydrogen-bond donors (Lipinski definition) is 3. The topological polar surface area (TPSA) is 90.7 Å². The highest BCUT2D eigenvalue weighted by Crippen LogP contribution is 2.40. The fourth-order valence-corrected chi connectivity index (χ4v) is 2.90. The van der Waals surface area contributed by atoms with Gasteiger partial charge in [0.2, 0.25) is 5.88 Å². The van der Waals surface area contributed by atoms with Crippen molar-refractivity contribution >= 4 is 27.5 Å². The molecule has 0 bridgehead atoms. The lowest BCUT2D eigenvalue weighted by atomic mass is 10.1. The van der Waals surface area contributed by atoms with Crippen molar-refractivity contribution in [2.45, 2.75) is 20.3 Å². The van der Waals surface area contributed by atoms with Crippen molar-refractivity contribution in [1.29, 1.82) is 0 Å². The summed E-state index contributed by atoms with van der Waals surface area (Å²) in [4.78, 5) is 15.8. The van der Waals surface area contributed by atoms with Crippen LogP contribution in [0.3, 0.4) is 0 Å². The van der Waals surface area contributed by atoms with Crippen LogP contribution in [0.2, 0.25) is 0 Å². The molecule has 0 aliphatic carbocycles. The minimum Gasteiger partial charge on any atom is -0.505 e. The Labute approximate surface area is 101 Å². The molecule has 6 heteroatoms. The van der Waals surface area contributed by atoms with Crippen LogP contribution in [0.15, 0.2) is 0 Å². The summed E-state index contributed by atoms with van der Waals surface area (Å²) in [5.74, 6) is -2.45. The number of carboxylic acids is 1. The maximum absolute atomic E-state index is 10.9. The number of aryl methyl sites for hydroxylation is 2. The Hall–Kier alpha value is -1.82. The van der Waals surface area contributed by atoms with E-state index in [1.165, 1.54) is 11.3 Å². The Morgan fingerprint density at radius 1 is 1.41 bits per heavy atom. The molecule has 0 spiro atoms. The summed E-state index contributed by atoms with van der Waals surface area (Å²) in [5, 5.41) is 28.3. The van der Waals surface area contributed by atoms with Gasteiger partial charge in [0.1, 0.15) is 0 Å². The number of carbonyl (C=O) groups is 1. The molecule has 2 heterocycles. The first-order valence-electron chi connectivity index (χ1n) is 5.04. The average molecular weight is 253 g/mol. The number of carboxylic acid groups (broad SMARTS) is 1. The molecule has 0 fully saturated rings. The summed E-state index contributed by atoms with van der Waals surface area (Å²) in [5.41, 5.74) is 0.795. The van der Waals surface area contributed by atoms with Crippen molar-refractivity contribution in [3.05, 3.63) is 16.0 Å². The fraction of sp³-hybridized carbons (Fsp3) is 0.273. The Morgan fingerprint density at radius 2 is 2.06 bits per heavy atom. The van der Waals surface area contributed by atoms with Crippen LogP contribution in [0.5, 0.6) is 11.6 Å². The van der Waals surface area contributed by atoms with Crippen LogP contribution in [0, 0.1) is 6.92 Å². The number of thiophene rings is 1. The number of fused-ring (bicyclic) bond motifs is 1. The van der Waals surface area contributed by atoms with Crippen LogP contribution in [0.1, 0.15) is 27.7 Å². The van der Waals surface area contributed by atoms with E-state index in [0.29, 0.717) is 10.2 Å². The van der Waals surface area contributed by atoms with Gasteiger partial charge in [-0.25, -0.2) is 9.78 Å². The number of hydrogen-bond acceptors (Lipinski definition) is 5. The third-order valence-corrected chi connectivity index (χ3v) is 4.07. The van der Waals surface area contributed by atoms with Gasteiger partial charge in [-0.15, -0.1) is 11.3 Å². The van der Waals surface area contributed by atoms with Crippen LogP contribution >= 0.6 is 11.3 Å². The molecule has 90 valence electrons. The molecule has 0 aromatic carbocycles. The van der Waals surface area contributed by atoms with Crippen LogP contribution in [-0.4, -0.2) is 26.3 Å². The number of aromatic nitrogens is 1. The van der Waals surface area contributed by atoms with Gasteiger partial charge in [-0.3, -0.25) is 0 Å². The predicted molar refractivity (Wildman–Crippen MR) is 64.0 cm³/mol. The summed E-state index contributed by atoms with van der Waals surface area (Å²) in [6, 6.07) is 0. The number of aromatic carboxylic acids is 1. The standard InChI is InChI=1S/C11H11NO4S/c1-3-5-4(2)7-9(17-5)8(13)6(11(15)16)10(14)12-7/h3H2,1-2H3,(H,15,16)(H2,12,13,14). The van der Waals surface area contributed by atoms with Crippen molar-refractivity contribution in [3.63, 3.8) is 0 Å². The van der Waals surface area contributed by atoms with E-state index < -0.39 is 23.2 Å². The maximum atomic E-state index is 10.9. The van der Waals surface area contributed by atoms with Crippen molar-refractivity contribution < 1.29 is 20.1 Å². The fourth-order valence-electron chi connectivity index (χ4n) is 1.76. The Bertz CT molecular complexity index is 618. The van der Waals surface area contributed by atoms with Crippen LogP contribution in [0.4, 0.5) is 0 Å². The van der Waals surface area contributed by atoms with E-state index in [0.717, 1.165) is 16.9 Å². The number of nitrogens with zero attached hydrogens (tertiary/aromatic N) is 1. The van der Waals surface area contributed by atoms with Gasteiger partial charge in [0.15, 0.2) is 11.3 Å². The number of pyridine rings is 1. The minimum absolute atomic E-state index is 0.409. The first kappa shape index (κ1) is 11.7. The highest BCUT2D eigenvalue weighted by molar-refractivity contribution is 7.19. The molecule has 5 nitrogen and oxygen atoms in total. The van der Waals surface area contributed by atoms with Gasteiger partial charge in [-0.1, -0.05) is 6.92 Å². The second-order valence-corrected chi connectivity index (χ2v) is 4.75. The van der Waals surface area contributed by atoms with E-state index in [1.54, 1.807) is 0 Å². The SMILES string of the molecule is CCc1sc2c(O)c(C(=O)O)c(O)nc2c1C. The molecule has 2 aromatic rings. The molecular weight excluding hydrogens is 242 g/mol. The summed E-state index contributed by atoms with van der Waals surface area (Å²) >= 11 is 1.30. The molecule has 0 saturated heterocycles. The van der Waals surface area contributed by atoms with Crippen molar-refractivity contribution in [1.82, 2.24) is 4.98 Å². The summed E-state index contributed by atoms with van der Waals surface area (Å²) in [6.07, 6.45) is 0.773. The lowest BCUT2D eigenvalue weighted by Gasteiger charge is -2.02. The quantitative estimate of drug-likeness (QED) is 0.763. The number of aromatic hydroxyl groups is 2. The van der Waals surface area contributed by atoms with E-state index in [2.05, 4.69) is 4.98 Å². The van der Waals surface area contributed by atoms with Gasteiger partial charge >= 0.3 is 5.97 Å². The van der Waals surface area contributed by atoms with Gasteiger partial charge in [-0.2, -0.15) is 0 Å². The van der Waals surface area contributed by atoms with E-state index in [4.69, 9.17) is 5.11 Å². The first-order valence-corrected chi connectivity index (χ1v) is 5.86. The van der Waals surface area contributed by atoms with Crippen molar-refractivity contribution in [2.75, 3.05) is 0 Å². The lowest BCUT2D eigenvalue weighted by molar-refractivity contribution is 0.0690. The molecule has 0 unspecified atom stereocenters. The molecule has 0 amide bonds. The Balaban J connectivity index is 2.89. The maximum Gasteiger partial charge on any atom is 0.345 e.